The van der Waals surface area contributed by atoms with Crippen LogP contribution in [0.2, 0.25) is 0 Å². The first-order valence-corrected chi connectivity index (χ1v) is 6.36. The third-order valence-corrected chi connectivity index (χ3v) is 2.98. The molecule has 0 radical (unpaired) electrons. The summed E-state index contributed by atoms with van der Waals surface area (Å²) in [7, 11) is -3.71. The largest absolute Gasteiger partial charge is 0.465 e. The number of rotatable bonds is 7. The molecule has 0 aromatic carbocycles. The molecule has 0 aliphatic heterocycles. The van der Waals surface area contributed by atoms with Crippen LogP contribution in [0, 0.1) is 0 Å². The molecule has 0 aliphatic rings. The number of hydrogen-bond acceptors (Lipinski definition) is 5. The molecule has 1 atom stereocenters. The average Bonchev–Trinajstić information content (AvgIpc) is 2.13. The van der Waals surface area contributed by atoms with E-state index in [0.29, 0.717) is 6.42 Å². The molecule has 2 N–H and O–H groups in total. The lowest BCUT2D eigenvalue weighted by molar-refractivity contribution is -0.139. The lowest BCUT2D eigenvalue weighted by atomic mass is 10.3. The van der Waals surface area contributed by atoms with Crippen LogP contribution in [0.5, 0.6) is 0 Å². The maximum Gasteiger partial charge on any atom is 0.322 e. The van der Waals surface area contributed by atoms with Gasteiger partial charge in [-0.15, -0.1) is 0 Å². The molecule has 0 bridgehead atoms. The van der Waals surface area contributed by atoms with E-state index in [1.807, 2.05) is 0 Å². The highest BCUT2D eigenvalue weighted by atomic mass is 32.2. The number of esters is 1. The molecule has 0 aromatic heterocycles. The second-order valence-electron chi connectivity index (χ2n) is 2.97. The maximum absolute atomic E-state index is 11.3. The first-order valence-electron chi connectivity index (χ1n) is 4.71. The zero-order valence-corrected chi connectivity index (χ0v) is 9.71. The van der Waals surface area contributed by atoms with Gasteiger partial charge < -0.3 is 9.84 Å². The van der Waals surface area contributed by atoms with Crippen molar-refractivity contribution in [1.82, 2.24) is 4.72 Å². The summed E-state index contributed by atoms with van der Waals surface area (Å²) in [6.45, 7) is 3.18. The monoisotopic (exact) mass is 239 g/mol. The van der Waals surface area contributed by atoms with Crippen molar-refractivity contribution < 1.29 is 23.1 Å². The Morgan fingerprint density at radius 1 is 1.47 bits per heavy atom. The van der Waals surface area contributed by atoms with E-state index in [0.717, 1.165) is 0 Å². The standard InChI is InChI=1S/C8H17NO5S/c1-3-7(5-10)9-15(12,13)6-8(11)14-4-2/h7,9-10H,3-6H2,1-2H3/t7-/m1/s1. The summed E-state index contributed by atoms with van der Waals surface area (Å²) in [5.74, 6) is -1.50. The lowest BCUT2D eigenvalue weighted by Gasteiger charge is -2.13. The molecule has 0 saturated carbocycles. The molecule has 6 nitrogen and oxygen atoms in total. The van der Waals surface area contributed by atoms with E-state index in [1.54, 1.807) is 13.8 Å². The van der Waals surface area contributed by atoms with E-state index in [-0.39, 0.29) is 13.2 Å². The molecule has 0 heterocycles. The van der Waals surface area contributed by atoms with E-state index in [4.69, 9.17) is 5.11 Å². The first kappa shape index (κ1) is 14.3. The fraction of sp³-hybridized carbons (Fsp3) is 0.875. The van der Waals surface area contributed by atoms with Crippen LogP contribution in [-0.2, 0) is 19.6 Å². The molecule has 0 saturated heterocycles. The fourth-order valence-corrected chi connectivity index (χ4v) is 2.13. The van der Waals surface area contributed by atoms with Crippen LogP contribution in [0.3, 0.4) is 0 Å². The second-order valence-corrected chi connectivity index (χ2v) is 4.72. The van der Waals surface area contributed by atoms with Gasteiger partial charge in [0.1, 0.15) is 0 Å². The van der Waals surface area contributed by atoms with E-state index < -0.39 is 27.8 Å². The Morgan fingerprint density at radius 2 is 2.07 bits per heavy atom. The number of ether oxygens (including phenoxy) is 1. The van der Waals surface area contributed by atoms with Crippen molar-refractivity contribution in [3.8, 4) is 0 Å². The van der Waals surface area contributed by atoms with Gasteiger partial charge in [0.05, 0.1) is 13.2 Å². The Hall–Kier alpha value is -0.660. The van der Waals surface area contributed by atoms with Gasteiger partial charge in [0, 0.05) is 6.04 Å². The fourth-order valence-electron chi connectivity index (χ4n) is 0.903. The predicted molar refractivity (Wildman–Crippen MR) is 54.7 cm³/mol. The summed E-state index contributed by atoms with van der Waals surface area (Å²) in [6.07, 6.45) is 0.457. The number of carbonyl (C=O) groups is 1. The van der Waals surface area contributed by atoms with E-state index in [9.17, 15) is 13.2 Å². The molecule has 90 valence electrons. The van der Waals surface area contributed by atoms with Gasteiger partial charge in [0.15, 0.2) is 5.75 Å². The van der Waals surface area contributed by atoms with E-state index in [2.05, 4.69) is 9.46 Å². The smallest absolute Gasteiger partial charge is 0.322 e. The molecule has 0 unspecified atom stereocenters. The van der Waals surface area contributed by atoms with Gasteiger partial charge in [-0.2, -0.15) is 0 Å². The van der Waals surface area contributed by atoms with Crippen LogP contribution in [0.1, 0.15) is 20.3 Å². The highest BCUT2D eigenvalue weighted by Crippen LogP contribution is 1.95. The molecule has 0 amide bonds. The van der Waals surface area contributed by atoms with Crippen molar-refractivity contribution >= 4 is 16.0 Å². The highest BCUT2D eigenvalue weighted by Gasteiger charge is 2.20. The Kier molecular flexibility index (Phi) is 6.46. The molecular weight excluding hydrogens is 222 g/mol. The second kappa shape index (κ2) is 6.76. The molecule has 0 rings (SSSR count). The zero-order chi connectivity index (χ0) is 11.9. The minimum absolute atomic E-state index is 0.144. The van der Waals surface area contributed by atoms with Crippen LogP contribution in [0.15, 0.2) is 0 Å². The summed E-state index contributed by atoms with van der Waals surface area (Å²) in [4.78, 5) is 10.9. The van der Waals surface area contributed by atoms with Gasteiger partial charge >= 0.3 is 5.97 Å². The Bertz CT molecular complexity index is 283. The van der Waals surface area contributed by atoms with Gasteiger partial charge in [-0.05, 0) is 13.3 Å². The SMILES string of the molecule is CCOC(=O)CS(=O)(=O)N[C@H](CC)CO. The van der Waals surface area contributed by atoms with Gasteiger partial charge in [-0.25, -0.2) is 13.1 Å². The minimum atomic E-state index is -3.71. The lowest BCUT2D eigenvalue weighted by Crippen LogP contribution is -2.40. The van der Waals surface area contributed by atoms with Gasteiger partial charge in [0.2, 0.25) is 10.0 Å². The molecule has 0 aromatic rings. The van der Waals surface area contributed by atoms with Gasteiger partial charge in [0.25, 0.3) is 0 Å². The Balaban J connectivity index is 4.24. The Morgan fingerprint density at radius 3 is 2.47 bits per heavy atom. The normalized spacial score (nSPS) is 13.5. The summed E-state index contributed by atoms with van der Waals surface area (Å²) < 4.78 is 29.4. The van der Waals surface area contributed by atoms with Crippen molar-refractivity contribution in [2.24, 2.45) is 0 Å². The average molecular weight is 239 g/mol. The van der Waals surface area contributed by atoms with Crippen LogP contribution in [-0.4, -0.2) is 44.5 Å². The molecule has 0 aliphatic carbocycles. The number of sulfonamides is 1. The first-order chi connectivity index (χ1) is 6.95. The quantitative estimate of drug-likeness (QED) is 0.570. The zero-order valence-electron chi connectivity index (χ0n) is 8.89. The van der Waals surface area contributed by atoms with Crippen molar-refractivity contribution in [3.63, 3.8) is 0 Å². The Labute approximate surface area is 89.7 Å². The molecule has 0 fully saturated rings. The highest BCUT2D eigenvalue weighted by molar-refractivity contribution is 7.90. The van der Waals surface area contributed by atoms with Crippen LogP contribution in [0.25, 0.3) is 0 Å². The van der Waals surface area contributed by atoms with Gasteiger partial charge in [-0.3, -0.25) is 4.79 Å². The van der Waals surface area contributed by atoms with Crippen molar-refractivity contribution in [2.75, 3.05) is 19.0 Å². The summed E-state index contributed by atoms with van der Waals surface area (Å²) in [6, 6.07) is -0.551. The van der Waals surface area contributed by atoms with Crippen molar-refractivity contribution in [2.45, 2.75) is 26.3 Å². The van der Waals surface area contributed by atoms with Gasteiger partial charge in [-0.1, -0.05) is 6.92 Å². The summed E-state index contributed by atoms with van der Waals surface area (Å²) >= 11 is 0. The number of hydrogen-bond donors (Lipinski definition) is 2. The van der Waals surface area contributed by atoms with Crippen LogP contribution in [0.4, 0.5) is 0 Å². The molecule has 7 heteroatoms. The number of carbonyl (C=O) groups excluding carboxylic acids is 1. The minimum Gasteiger partial charge on any atom is -0.465 e. The molecule has 15 heavy (non-hydrogen) atoms. The number of nitrogens with one attached hydrogen (secondary N) is 1. The van der Waals surface area contributed by atoms with Crippen molar-refractivity contribution in [3.05, 3.63) is 0 Å². The third-order valence-electron chi connectivity index (χ3n) is 1.67. The van der Waals surface area contributed by atoms with Crippen LogP contribution >= 0.6 is 0 Å². The number of aliphatic hydroxyl groups is 1. The molecular formula is C8H17NO5S. The predicted octanol–water partition coefficient (Wildman–Crippen LogP) is -0.760. The van der Waals surface area contributed by atoms with Crippen LogP contribution < -0.4 is 4.72 Å². The molecule has 0 spiro atoms. The summed E-state index contributed by atoms with van der Waals surface area (Å²) in [5, 5.41) is 8.78. The van der Waals surface area contributed by atoms with E-state index >= 15 is 0 Å². The summed E-state index contributed by atoms with van der Waals surface area (Å²) in [5.41, 5.74) is 0. The number of aliphatic hydroxyl groups excluding tert-OH is 1. The van der Waals surface area contributed by atoms with E-state index in [1.165, 1.54) is 0 Å². The van der Waals surface area contributed by atoms with Crippen molar-refractivity contribution in [1.29, 1.82) is 0 Å². The topological polar surface area (TPSA) is 92.7 Å². The maximum atomic E-state index is 11.3. The third kappa shape index (κ3) is 6.43.